The molecule has 1 aliphatic rings. The first-order chi connectivity index (χ1) is 11.3. The Balaban J connectivity index is 1.79. The molecule has 0 radical (unpaired) electrons. The Morgan fingerprint density at radius 2 is 1.83 bits per heavy atom. The van der Waals surface area contributed by atoms with Crippen molar-refractivity contribution in [1.29, 1.82) is 0 Å². The maximum Gasteiger partial charge on any atom is 0.263 e. The van der Waals surface area contributed by atoms with Crippen LogP contribution in [0.4, 0.5) is 0 Å². The van der Waals surface area contributed by atoms with Gasteiger partial charge in [-0.25, -0.2) is 0 Å². The molecule has 134 valence electrons. The molecule has 1 aromatic rings. The molecule has 1 heterocycles. The van der Waals surface area contributed by atoms with E-state index >= 15 is 0 Å². The second kappa shape index (κ2) is 8.21. The average Bonchev–Trinajstić information content (AvgIpc) is 2.48. The molecule has 0 aromatic heterocycles. The van der Waals surface area contributed by atoms with Crippen LogP contribution in [-0.2, 0) is 4.79 Å². The van der Waals surface area contributed by atoms with Gasteiger partial charge in [0.1, 0.15) is 5.75 Å². The minimum Gasteiger partial charge on any atom is -0.478 e. The Labute approximate surface area is 150 Å². The van der Waals surface area contributed by atoms with E-state index in [2.05, 4.69) is 24.1 Å². The Kier molecular flexibility index (Phi) is 6.53. The van der Waals surface area contributed by atoms with E-state index in [0.29, 0.717) is 17.3 Å². The van der Waals surface area contributed by atoms with Crippen molar-refractivity contribution >= 4 is 17.5 Å². The SMILES string of the molecule is CC1CC(C)CN(CCNC(=O)C(C)(C)Oc2ccc(Cl)cc2)C1. The van der Waals surface area contributed by atoms with Gasteiger partial charge in [0.15, 0.2) is 5.60 Å². The number of likely N-dealkylation sites (tertiary alicyclic amines) is 1. The lowest BCUT2D eigenvalue weighted by Crippen LogP contribution is -2.49. The molecule has 1 saturated heterocycles. The third kappa shape index (κ3) is 5.67. The van der Waals surface area contributed by atoms with Crippen molar-refractivity contribution in [1.82, 2.24) is 10.2 Å². The zero-order valence-electron chi connectivity index (χ0n) is 15.1. The van der Waals surface area contributed by atoms with E-state index in [1.54, 1.807) is 38.1 Å². The maximum absolute atomic E-state index is 12.4. The average molecular weight is 353 g/mol. The van der Waals surface area contributed by atoms with Crippen molar-refractivity contribution in [2.45, 2.75) is 39.7 Å². The molecular weight excluding hydrogens is 324 g/mol. The smallest absolute Gasteiger partial charge is 0.263 e. The molecule has 24 heavy (non-hydrogen) atoms. The molecule has 1 aliphatic heterocycles. The molecule has 2 atom stereocenters. The van der Waals surface area contributed by atoms with Crippen molar-refractivity contribution in [3.8, 4) is 5.75 Å². The molecule has 5 heteroatoms. The summed E-state index contributed by atoms with van der Waals surface area (Å²) in [5.41, 5.74) is -0.920. The van der Waals surface area contributed by atoms with Gasteiger partial charge in [0, 0.05) is 31.2 Å². The number of ether oxygens (including phenoxy) is 1. The minimum absolute atomic E-state index is 0.101. The Morgan fingerprint density at radius 3 is 2.42 bits per heavy atom. The van der Waals surface area contributed by atoms with Gasteiger partial charge in [-0.1, -0.05) is 25.4 Å². The van der Waals surface area contributed by atoms with Crippen molar-refractivity contribution < 1.29 is 9.53 Å². The second-order valence-electron chi connectivity index (χ2n) is 7.53. The molecular formula is C19H29ClN2O2. The van der Waals surface area contributed by atoms with Crippen LogP contribution in [-0.4, -0.2) is 42.6 Å². The minimum atomic E-state index is -0.920. The number of hydrogen-bond donors (Lipinski definition) is 1. The molecule has 1 fully saturated rings. The number of carbonyl (C=O) groups is 1. The summed E-state index contributed by atoms with van der Waals surface area (Å²) in [6.07, 6.45) is 1.30. The Bertz CT molecular complexity index is 535. The number of piperidine rings is 1. The van der Waals surface area contributed by atoms with Crippen LogP contribution in [0.15, 0.2) is 24.3 Å². The van der Waals surface area contributed by atoms with Crippen LogP contribution in [0.5, 0.6) is 5.75 Å². The van der Waals surface area contributed by atoms with Crippen molar-refractivity contribution in [3.63, 3.8) is 0 Å². The van der Waals surface area contributed by atoms with Gasteiger partial charge in [0.25, 0.3) is 5.91 Å². The predicted octanol–water partition coefficient (Wildman–Crippen LogP) is 3.59. The van der Waals surface area contributed by atoms with E-state index in [-0.39, 0.29) is 5.91 Å². The largest absolute Gasteiger partial charge is 0.478 e. The fourth-order valence-electron chi connectivity index (χ4n) is 3.36. The first kappa shape index (κ1) is 19.1. The van der Waals surface area contributed by atoms with E-state index in [9.17, 15) is 4.79 Å². The molecule has 0 aliphatic carbocycles. The third-order valence-electron chi connectivity index (χ3n) is 4.39. The number of carbonyl (C=O) groups excluding carboxylic acids is 1. The predicted molar refractivity (Wildman–Crippen MR) is 98.6 cm³/mol. The highest BCUT2D eigenvalue weighted by Crippen LogP contribution is 2.22. The highest BCUT2D eigenvalue weighted by Gasteiger charge is 2.30. The first-order valence-electron chi connectivity index (χ1n) is 8.71. The van der Waals surface area contributed by atoms with E-state index in [4.69, 9.17) is 16.3 Å². The van der Waals surface area contributed by atoms with Gasteiger partial charge in [0.05, 0.1) is 0 Å². The summed E-state index contributed by atoms with van der Waals surface area (Å²) in [4.78, 5) is 14.9. The van der Waals surface area contributed by atoms with Gasteiger partial charge in [-0.05, 0) is 56.4 Å². The summed E-state index contributed by atoms with van der Waals surface area (Å²) in [6.45, 7) is 11.9. The quantitative estimate of drug-likeness (QED) is 0.850. The number of hydrogen-bond acceptors (Lipinski definition) is 3. The van der Waals surface area contributed by atoms with E-state index < -0.39 is 5.60 Å². The monoisotopic (exact) mass is 352 g/mol. The molecule has 1 amide bonds. The van der Waals surface area contributed by atoms with Crippen LogP contribution >= 0.6 is 11.6 Å². The number of rotatable bonds is 6. The molecule has 2 unspecified atom stereocenters. The molecule has 2 rings (SSSR count). The van der Waals surface area contributed by atoms with Crippen LogP contribution in [0, 0.1) is 11.8 Å². The van der Waals surface area contributed by atoms with Crippen molar-refractivity contribution in [2.24, 2.45) is 11.8 Å². The summed E-state index contributed by atoms with van der Waals surface area (Å²) in [5, 5.41) is 3.65. The zero-order valence-corrected chi connectivity index (χ0v) is 15.9. The maximum atomic E-state index is 12.4. The Hall–Kier alpha value is -1.26. The van der Waals surface area contributed by atoms with E-state index in [0.717, 1.165) is 31.5 Å². The lowest BCUT2D eigenvalue weighted by Gasteiger charge is -2.35. The van der Waals surface area contributed by atoms with Crippen LogP contribution in [0.25, 0.3) is 0 Å². The number of nitrogens with one attached hydrogen (secondary N) is 1. The first-order valence-corrected chi connectivity index (χ1v) is 9.09. The fourth-order valence-corrected chi connectivity index (χ4v) is 3.48. The van der Waals surface area contributed by atoms with Crippen LogP contribution < -0.4 is 10.1 Å². The molecule has 0 bridgehead atoms. The highest BCUT2D eigenvalue weighted by molar-refractivity contribution is 6.30. The highest BCUT2D eigenvalue weighted by atomic mass is 35.5. The normalized spacial score (nSPS) is 22.2. The molecule has 0 spiro atoms. The summed E-state index contributed by atoms with van der Waals surface area (Å²) in [6, 6.07) is 7.05. The van der Waals surface area contributed by atoms with E-state index in [1.807, 2.05) is 0 Å². The number of benzene rings is 1. The summed E-state index contributed by atoms with van der Waals surface area (Å²) < 4.78 is 5.81. The van der Waals surface area contributed by atoms with Gasteiger partial charge in [-0.3, -0.25) is 4.79 Å². The summed E-state index contributed by atoms with van der Waals surface area (Å²) >= 11 is 5.87. The molecule has 0 saturated carbocycles. The van der Waals surface area contributed by atoms with Gasteiger partial charge in [0.2, 0.25) is 0 Å². The van der Waals surface area contributed by atoms with Crippen LogP contribution in [0.3, 0.4) is 0 Å². The summed E-state index contributed by atoms with van der Waals surface area (Å²) in [5.74, 6) is 2.00. The standard InChI is InChI=1S/C19H29ClN2O2/c1-14-11-15(2)13-22(12-14)10-9-21-18(23)19(3,4)24-17-7-5-16(20)6-8-17/h5-8,14-15H,9-13H2,1-4H3,(H,21,23). The van der Waals surface area contributed by atoms with Gasteiger partial charge in [-0.15, -0.1) is 0 Å². The molecule has 4 nitrogen and oxygen atoms in total. The lowest BCUT2D eigenvalue weighted by atomic mass is 9.92. The second-order valence-corrected chi connectivity index (χ2v) is 7.96. The number of nitrogens with zero attached hydrogens (tertiary/aromatic N) is 1. The lowest BCUT2D eigenvalue weighted by molar-refractivity contribution is -0.134. The Morgan fingerprint density at radius 1 is 1.25 bits per heavy atom. The molecule has 1 N–H and O–H groups in total. The van der Waals surface area contributed by atoms with Crippen molar-refractivity contribution in [2.75, 3.05) is 26.2 Å². The van der Waals surface area contributed by atoms with Crippen molar-refractivity contribution in [3.05, 3.63) is 29.3 Å². The van der Waals surface area contributed by atoms with Gasteiger partial charge >= 0.3 is 0 Å². The third-order valence-corrected chi connectivity index (χ3v) is 4.64. The van der Waals surface area contributed by atoms with Gasteiger partial charge in [-0.2, -0.15) is 0 Å². The molecule has 1 aromatic carbocycles. The van der Waals surface area contributed by atoms with Gasteiger partial charge < -0.3 is 15.0 Å². The van der Waals surface area contributed by atoms with E-state index in [1.165, 1.54) is 6.42 Å². The summed E-state index contributed by atoms with van der Waals surface area (Å²) in [7, 11) is 0. The number of halogens is 1. The topological polar surface area (TPSA) is 41.6 Å². The zero-order chi connectivity index (χ0) is 17.7. The van der Waals surface area contributed by atoms with Crippen LogP contribution in [0.2, 0.25) is 5.02 Å². The fraction of sp³-hybridized carbons (Fsp3) is 0.632. The number of amides is 1. The van der Waals surface area contributed by atoms with Crippen LogP contribution in [0.1, 0.15) is 34.1 Å².